The molecular formula is C27H27N5O2. The molecule has 2 N–H and O–H groups in total. The van der Waals surface area contributed by atoms with Gasteiger partial charge in [-0.2, -0.15) is 0 Å². The van der Waals surface area contributed by atoms with Gasteiger partial charge in [-0.05, 0) is 18.8 Å². The molecule has 2 aromatic heterocycles. The van der Waals surface area contributed by atoms with Crippen LogP contribution in [0.5, 0.6) is 0 Å². The van der Waals surface area contributed by atoms with Crippen molar-refractivity contribution in [2.45, 2.75) is 26.2 Å². The Morgan fingerprint density at radius 3 is 2.47 bits per heavy atom. The average molecular weight is 454 g/mol. The van der Waals surface area contributed by atoms with Gasteiger partial charge in [0.1, 0.15) is 0 Å². The summed E-state index contributed by atoms with van der Waals surface area (Å²) in [5, 5.41) is 6.10. The maximum Gasteiger partial charge on any atom is 0.216 e. The molecule has 0 spiro atoms. The van der Waals surface area contributed by atoms with E-state index in [0.29, 0.717) is 36.9 Å². The number of hydrogen-bond acceptors (Lipinski definition) is 5. The maximum atomic E-state index is 12.5. The number of nitrogens with one attached hydrogen (secondary N) is 2. The van der Waals surface area contributed by atoms with Crippen molar-refractivity contribution in [1.29, 1.82) is 0 Å². The number of fused-ring (bicyclic) bond motifs is 1. The number of aromatic nitrogens is 3. The van der Waals surface area contributed by atoms with Crippen molar-refractivity contribution in [3.63, 3.8) is 0 Å². The summed E-state index contributed by atoms with van der Waals surface area (Å²) in [5.41, 5.74) is 5.16. The summed E-state index contributed by atoms with van der Waals surface area (Å²) in [6.07, 6.45) is 6.80. The third kappa shape index (κ3) is 4.83. The summed E-state index contributed by atoms with van der Waals surface area (Å²) >= 11 is 0. The van der Waals surface area contributed by atoms with E-state index in [4.69, 9.17) is 4.98 Å². The topological polar surface area (TPSA) is 88.4 Å². The van der Waals surface area contributed by atoms with Gasteiger partial charge in [-0.3, -0.25) is 14.0 Å². The number of anilines is 1. The third-order valence-electron chi connectivity index (χ3n) is 6.03. The van der Waals surface area contributed by atoms with E-state index in [1.165, 1.54) is 19.8 Å². The van der Waals surface area contributed by atoms with Crippen molar-refractivity contribution in [2.75, 3.05) is 18.4 Å². The minimum atomic E-state index is -0.0694. The first kappa shape index (κ1) is 21.8. The van der Waals surface area contributed by atoms with Crippen molar-refractivity contribution in [2.24, 2.45) is 5.92 Å². The minimum absolute atomic E-state index is 0.0694. The van der Waals surface area contributed by atoms with Crippen LogP contribution in [0.25, 0.3) is 28.2 Å². The molecule has 2 aromatic carbocycles. The first-order valence-corrected chi connectivity index (χ1v) is 11.6. The molecule has 0 saturated heterocycles. The first-order valence-electron chi connectivity index (χ1n) is 11.6. The average Bonchev–Trinajstić information content (AvgIpc) is 3.57. The Morgan fingerprint density at radius 2 is 1.76 bits per heavy atom. The molecule has 0 atom stereocenters. The Labute approximate surface area is 198 Å². The lowest BCUT2D eigenvalue weighted by Gasteiger charge is -2.12. The second kappa shape index (κ2) is 9.47. The molecule has 1 amide bonds. The van der Waals surface area contributed by atoms with Crippen molar-refractivity contribution in [3.05, 3.63) is 72.6 Å². The van der Waals surface area contributed by atoms with Gasteiger partial charge in [-0.1, -0.05) is 54.6 Å². The van der Waals surface area contributed by atoms with Crippen LogP contribution in [0, 0.1) is 5.92 Å². The summed E-state index contributed by atoms with van der Waals surface area (Å²) < 4.78 is 2.02. The number of imidazole rings is 1. The van der Waals surface area contributed by atoms with Crippen molar-refractivity contribution in [3.8, 4) is 22.5 Å². The molecule has 7 heteroatoms. The van der Waals surface area contributed by atoms with Gasteiger partial charge in [-0.25, -0.2) is 9.97 Å². The van der Waals surface area contributed by atoms with Gasteiger partial charge in [0.2, 0.25) is 5.91 Å². The van der Waals surface area contributed by atoms with Crippen molar-refractivity contribution >= 4 is 23.2 Å². The fourth-order valence-electron chi connectivity index (χ4n) is 4.02. The third-order valence-corrected chi connectivity index (χ3v) is 6.03. The summed E-state index contributed by atoms with van der Waals surface area (Å²) in [6.45, 7) is 2.52. The molecule has 5 rings (SSSR count). The van der Waals surface area contributed by atoms with Crippen LogP contribution in [0.3, 0.4) is 0 Å². The first-order chi connectivity index (χ1) is 16.6. The number of carbonyl (C=O) groups is 2. The molecule has 1 aliphatic carbocycles. The zero-order valence-electron chi connectivity index (χ0n) is 19.1. The lowest BCUT2D eigenvalue weighted by Crippen LogP contribution is -2.26. The van der Waals surface area contributed by atoms with Crippen LogP contribution in [-0.4, -0.2) is 39.1 Å². The predicted molar refractivity (Wildman–Crippen MR) is 133 cm³/mol. The van der Waals surface area contributed by atoms with Gasteiger partial charge in [0, 0.05) is 49.3 Å². The van der Waals surface area contributed by atoms with E-state index in [-0.39, 0.29) is 11.7 Å². The van der Waals surface area contributed by atoms with E-state index in [1.54, 1.807) is 0 Å². The van der Waals surface area contributed by atoms with E-state index in [9.17, 15) is 9.59 Å². The van der Waals surface area contributed by atoms with E-state index in [2.05, 4.69) is 15.6 Å². The van der Waals surface area contributed by atoms with Gasteiger partial charge in [-0.15, -0.1) is 0 Å². The highest BCUT2D eigenvalue weighted by Gasteiger charge is 2.25. The zero-order chi connectivity index (χ0) is 23.5. The van der Waals surface area contributed by atoms with E-state index in [1.807, 2.05) is 71.4 Å². The summed E-state index contributed by atoms with van der Waals surface area (Å²) in [5.74, 6) is 1.37. The summed E-state index contributed by atoms with van der Waals surface area (Å²) in [7, 11) is 0. The molecule has 0 aliphatic heterocycles. The van der Waals surface area contributed by atoms with E-state index < -0.39 is 0 Å². The van der Waals surface area contributed by atoms with Crippen LogP contribution >= 0.6 is 0 Å². The molecule has 1 saturated carbocycles. The number of rotatable bonds is 9. The molecule has 0 unspecified atom stereocenters. The van der Waals surface area contributed by atoms with Crippen LogP contribution in [0.1, 0.15) is 36.5 Å². The van der Waals surface area contributed by atoms with Gasteiger partial charge < -0.3 is 10.6 Å². The standard InChI is InChI=1S/C27H27N5O2/c1-18(33)28-13-14-29-26-27-30-16-24(32(27)17-23(31-26)20-5-3-2-4-6-20)21-9-11-22(12-10-21)25(34)15-19-7-8-19/h2-6,9-12,16-17,19H,7-8,13-15H2,1H3,(H,28,33)(H,29,31). The molecule has 4 aromatic rings. The SMILES string of the molecule is CC(=O)NCCNc1nc(-c2ccccc2)cn2c(-c3ccc(C(=O)CC4CC4)cc3)cnc12. The Bertz CT molecular complexity index is 1320. The largest absolute Gasteiger partial charge is 0.365 e. The second-order valence-corrected chi connectivity index (χ2v) is 8.74. The Kier molecular flexibility index (Phi) is 6.08. The van der Waals surface area contributed by atoms with Crippen LogP contribution in [-0.2, 0) is 4.79 Å². The predicted octanol–water partition coefficient (Wildman–Crippen LogP) is 4.59. The number of carbonyl (C=O) groups excluding carboxylic acids is 2. The minimum Gasteiger partial charge on any atom is -0.365 e. The van der Waals surface area contributed by atoms with Crippen LogP contribution in [0.4, 0.5) is 5.82 Å². The smallest absolute Gasteiger partial charge is 0.216 e. The normalized spacial score (nSPS) is 13.1. The van der Waals surface area contributed by atoms with Crippen LogP contribution < -0.4 is 10.6 Å². The summed E-state index contributed by atoms with van der Waals surface area (Å²) in [4.78, 5) is 33.1. The highest BCUT2D eigenvalue weighted by molar-refractivity contribution is 5.96. The lowest BCUT2D eigenvalue weighted by molar-refractivity contribution is -0.118. The maximum absolute atomic E-state index is 12.5. The highest BCUT2D eigenvalue weighted by atomic mass is 16.1. The fourth-order valence-corrected chi connectivity index (χ4v) is 4.02. The number of amides is 1. The highest BCUT2D eigenvalue weighted by Crippen LogP contribution is 2.34. The molecule has 1 aliphatic rings. The number of ketones is 1. The molecule has 2 heterocycles. The van der Waals surface area contributed by atoms with Gasteiger partial charge in [0.15, 0.2) is 17.2 Å². The Hall–Kier alpha value is -4.00. The number of hydrogen-bond donors (Lipinski definition) is 2. The quantitative estimate of drug-likeness (QED) is 0.286. The number of benzene rings is 2. The fraction of sp³-hybridized carbons (Fsp3) is 0.259. The monoisotopic (exact) mass is 453 g/mol. The molecule has 7 nitrogen and oxygen atoms in total. The molecular weight excluding hydrogens is 426 g/mol. The van der Waals surface area contributed by atoms with Crippen LogP contribution in [0.15, 0.2) is 67.0 Å². The van der Waals surface area contributed by atoms with Gasteiger partial charge in [0.05, 0.1) is 17.6 Å². The Morgan fingerprint density at radius 1 is 1.00 bits per heavy atom. The van der Waals surface area contributed by atoms with Crippen molar-refractivity contribution in [1.82, 2.24) is 19.7 Å². The zero-order valence-corrected chi connectivity index (χ0v) is 19.1. The van der Waals surface area contributed by atoms with Gasteiger partial charge in [0.25, 0.3) is 0 Å². The number of Topliss-reactive ketones (excluding diaryl/α,β-unsaturated/α-hetero) is 1. The molecule has 172 valence electrons. The van der Waals surface area contributed by atoms with E-state index in [0.717, 1.165) is 28.1 Å². The Balaban J connectivity index is 1.49. The molecule has 1 fully saturated rings. The lowest BCUT2D eigenvalue weighted by atomic mass is 10.0. The van der Waals surface area contributed by atoms with Crippen molar-refractivity contribution < 1.29 is 9.59 Å². The molecule has 0 radical (unpaired) electrons. The molecule has 34 heavy (non-hydrogen) atoms. The van der Waals surface area contributed by atoms with E-state index >= 15 is 0 Å². The summed E-state index contributed by atoms with van der Waals surface area (Å²) in [6, 6.07) is 17.8. The second-order valence-electron chi connectivity index (χ2n) is 8.74. The molecule has 0 bridgehead atoms. The van der Waals surface area contributed by atoms with Gasteiger partial charge >= 0.3 is 0 Å². The van der Waals surface area contributed by atoms with Crippen LogP contribution in [0.2, 0.25) is 0 Å². The number of nitrogens with zero attached hydrogens (tertiary/aromatic N) is 3.